The number of carbonyl (C=O) groups excluding carboxylic acids is 1. The molecule has 0 N–H and O–H groups in total. The van der Waals surface area contributed by atoms with E-state index >= 15 is 0 Å². The third-order valence-electron chi connectivity index (χ3n) is 3.98. The first-order chi connectivity index (χ1) is 6.80. The van der Waals surface area contributed by atoms with E-state index in [0.717, 1.165) is 18.7 Å². The fourth-order valence-electron chi connectivity index (χ4n) is 3.17. The van der Waals surface area contributed by atoms with Crippen LogP contribution >= 0.6 is 0 Å². The van der Waals surface area contributed by atoms with E-state index in [1.165, 1.54) is 32.1 Å². The molecule has 2 aliphatic rings. The predicted octanol–water partition coefficient (Wildman–Crippen LogP) is 2.01. The summed E-state index contributed by atoms with van der Waals surface area (Å²) in [5.41, 5.74) is 0.155. The maximum Gasteiger partial charge on any atom is 0.134 e. The molecule has 1 aliphatic carbocycles. The Balaban J connectivity index is 2.17. The van der Waals surface area contributed by atoms with Gasteiger partial charge in [-0.15, -0.1) is 6.58 Å². The van der Waals surface area contributed by atoms with Crippen molar-refractivity contribution >= 4 is 6.29 Å². The largest absolute Gasteiger partial charge is 0.302 e. The van der Waals surface area contributed by atoms with Crippen LogP contribution in [0.2, 0.25) is 0 Å². The molecule has 0 aromatic rings. The van der Waals surface area contributed by atoms with E-state index in [1.807, 2.05) is 0 Å². The van der Waals surface area contributed by atoms with Gasteiger partial charge in [0.2, 0.25) is 0 Å². The first kappa shape index (κ1) is 9.91. The zero-order chi connectivity index (χ0) is 10.0. The van der Waals surface area contributed by atoms with Crippen molar-refractivity contribution in [2.75, 3.05) is 13.1 Å². The van der Waals surface area contributed by atoms with Crippen LogP contribution in [0.15, 0.2) is 12.7 Å². The summed E-state index contributed by atoms with van der Waals surface area (Å²) in [6.07, 6.45) is 9.48. The van der Waals surface area contributed by atoms with Gasteiger partial charge in [0.25, 0.3) is 0 Å². The van der Waals surface area contributed by atoms with Crippen molar-refractivity contribution < 1.29 is 4.79 Å². The summed E-state index contributed by atoms with van der Waals surface area (Å²) in [6.45, 7) is 5.63. The first-order valence-corrected chi connectivity index (χ1v) is 5.63. The standard InChI is InChI=1S/C12H19NO/c1-2-12-6-3-4-11(10-12)5-7-13(12)8-9-14/h2,9,11H,1,3-8,10H2. The number of likely N-dealkylation sites (tertiary alicyclic amines) is 1. The third kappa shape index (κ3) is 1.52. The second kappa shape index (κ2) is 3.85. The molecule has 0 spiro atoms. The summed E-state index contributed by atoms with van der Waals surface area (Å²) in [4.78, 5) is 12.9. The molecule has 0 amide bonds. The zero-order valence-electron chi connectivity index (χ0n) is 8.74. The second-order valence-electron chi connectivity index (χ2n) is 4.67. The Morgan fingerprint density at radius 2 is 2.36 bits per heavy atom. The lowest BCUT2D eigenvalue weighted by Gasteiger charge is -2.51. The van der Waals surface area contributed by atoms with Crippen LogP contribution in [0.3, 0.4) is 0 Å². The van der Waals surface area contributed by atoms with Gasteiger partial charge in [0.05, 0.1) is 6.54 Å². The number of hydrogen-bond acceptors (Lipinski definition) is 2. The summed E-state index contributed by atoms with van der Waals surface area (Å²) in [5.74, 6) is 0.879. The maximum atomic E-state index is 10.6. The average molecular weight is 193 g/mol. The van der Waals surface area contributed by atoms with Gasteiger partial charge in [-0.1, -0.05) is 18.9 Å². The Morgan fingerprint density at radius 1 is 1.50 bits per heavy atom. The van der Waals surface area contributed by atoms with E-state index in [1.54, 1.807) is 0 Å². The number of aldehydes is 1. The minimum absolute atomic E-state index is 0.155. The summed E-state index contributed by atoms with van der Waals surface area (Å²) in [5, 5.41) is 0. The highest BCUT2D eigenvalue weighted by atomic mass is 16.1. The van der Waals surface area contributed by atoms with Gasteiger partial charge >= 0.3 is 0 Å². The molecule has 2 heteroatoms. The van der Waals surface area contributed by atoms with E-state index < -0.39 is 0 Å². The van der Waals surface area contributed by atoms with Crippen LogP contribution in [-0.4, -0.2) is 29.8 Å². The van der Waals surface area contributed by atoms with Gasteiger partial charge < -0.3 is 4.79 Å². The van der Waals surface area contributed by atoms with Crippen LogP contribution in [-0.2, 0) is 4.79 Å². The molecule has 1 saturated heterocycles. The number of piperidine rings is 1. The van der Waals surface area contributed by atoms with E-state index in [-0.39, 0.29) is 5.54 Å². The van der Waals surface area contributed by atoms with Gasteiger partial charge in [-0.05, 0) is 31.7 Å². The van der Waals surface area contributed by atoms with Crippen LogP contribution in [0.1, 0.15) is 32.1 Å². The normalized spacial score (nSPS) is 37.9. The van der Waals surface area contributed by atoms with E-state index in [9.17, 15) is 4.79 Å². The molecular formula is C12H19NO. The third-order valence-corrected chi connectivity index (χ3v) is 3.98. The van der Waals surface area contributed by atoms with E-state index in [2.05, 4.69) is 17.6 Å². The van der Waals surface area contributed by atoms with Crippen molar-refractivity contribution in [3.05, 3.63) is 12.7 Å². The number of rotatable bonds is 3. The van der Waals surface area contributed by atoms with E-state index in [0.29, 0.717) is 6.54 Å². The second-order valence-corrected chi connectivity index (χ2v) is 4.67. The van der Waals surface area contributed by atoms with Crippen LogP contribution in [0, 0.1) is 5.92 Å². The highest BCUT2D eigenvalue weighted by Crippen LogP contribution is 2.42. The molecule has 2 bridgehead atoms. The van der Waals surface area contributed by atoms with Crippen molar-refractivity contribution in [3.63, 3.8) is 0 Å². The fraction of sp³-hybridized carbons (Fsp3) is 0.750. The van der Waals surface area contributed by atoms with Crippen LogP contribution in [0.4, 0.5) is 0 Å². The van der Waals surface area contributed by atoms with E-state index in [4.69, 9.17) is 0 Å². The van der Waals surface area contributed by atoms with Crippen LogP contribution < -0.4 is 0 Å². The molecule has 78 valence electrons. The molecule has 1 aliphatic heterocycles. The van der Waals surface area contributed by atoms with Crippen molar-refractivity contribution in [3.8, 4) is 0 Å². The number of hydrogen-bond donors (Lipinski definition) is 0. The molecule has 1 heterocycles. The van der Waals surface area contributed by atoms with Crippen molar-refractivity contribution in [2.24, 2.45) is 5.92 Å². The number of nitrogens with zero attached hydrogens (tertiary/aromatic N) is 1. The number of carbonyl (C=O) groups is 1. The lowest BCUT2D eigenvalue weighted by Crippen LogP contribution is -2.55. The molecule has 2 fully saturated rings. The average Bonchev–Trinajstić information content (AvgIpc) is 2.23. The van der Waals surface area contributed by atoms with Crippen LogP contribution in [0.25, 0.3) is 0 Å². The van der Waals surface area contributed by atoms with Gasteiger partial charge in [-0.2, -0.15) is 0 Å². The Labute approximate surface area is 86.0 Å². The lowest BCUT2D eigenvalue weighted by atomic mass is 9.70. The molecule has 14 heavy (non-hydrogen) atoms. The molecule has 1 saturated carbocycles. The molecule has 2 rings (SSSR count). The Kier molecular flexibility index (Phi) is 2.73. The lowest BCUT2D eigenvalue weighted by molar-refractivity contribution is -0.111. The zero-order valence-corrected chi connectivity index (χ0v) is 8.74. The van der Waals surface area contributed by atoms with Gasteiger partial charge in [-0.25, -0.2) is 0 Å². The van der Waals surface area contributed by atoms with Crippen molar-refractivity contribution in [1.82, 2.24) is 4.90 Å². The summed E-state index contributed by atoms with van der Waals surface area (Å²) >= 11 is 0. The summed E-state index contributed by atoms with van der Waals surface area (Å²) in [7, 11) is 0. The van der Waals surface area contributed by atoms with Gasteiger partial charge in [0.15, 0.2) is 0 Å². The quantitative estimate of drug-likeness (QED) is 0.505. The maximum absolute atomic E-state index is 10.6. The highest BCUT2D eigenvalue weighted by molar-refractivity contribution is 5.52. The van der Waals surface area contributed by atoms with Gasteiger partial charge in [0, 0.05) is 5.54 Å². The Bertz CT molecular complexity index is 238. The van der Waals surface area contributed by atoms with Crippen molar-refractivity contribution in [1.29, 1.82) is 0 Å². The minimum Gasteiger partial charge on any atom is -0.302 e. The number of fused-ring (bicyclic) bond motifs is 2. The SMILES string of the molecule is C=CC12CCCC(CCN1CC=O)C2. The van der Waals surface area contributed by atoms with Crippen molar-refractivity contribution in [2.45, 2.75) is 37.6 Å². The monoisotopic (exact) mass is 193 g/mol. The van der Waals surface area contributed by atoms with Gasteiger partial charge in [0.1, 0.15) is 6.29 Å². The summed E-state index contributed by atoms with van der Waals surface area (Å²) in [6, 6.07) is 0. The summed E-state index contributed by atoms with van der Waals surface area (Å²) < 4.78 is 0. The Hall–Kier alpha value is -0.630. The molecule has 0 radical (unpaired) electrons. The molecule has 2 atom stereocenters. The molecule has 2 unspecified atom stereocenters. The highest BCUT2D eigenvalue weighted by Gasteiger charge is 2.41. The molecule has 0 aromatic carbocycles. The minimum atomic E-state index is 0.155. The molecular weight excluding hydrogens is 174 g/mol. The Morgan fingerprint density at radius 3 is 3.07 bits per heavy atom. The predicted molar refractivity (Wildman–Crippen MR) is 57.1 cm³/mol. The molecule has 0 aromatic heterocycles. The topological polar surface area (TPSA) is 20.3 Å². The fourth-order valence-corrected chi connectivity index (χ4v) is 3.17. The smallest absolute Gasteiger partial charge is 0.134 e. The van der Waals surface area contributed by atoms with Gasteiger partial charge in [-0.3, -0.25) is 4.90 Å². The first-order valence-electron chi connectivity index (χ1n) is 5.63. The van der Waals surface area contributed by atoms with Crippen LogP contribution in [0.5, 0.6) is 0 Å². The molecule has 2 nitrogen and oxygen atoms in total.